The summed E-state index contributed by atoms with van der Waals surface area (Å²) in [7, 11) is 2.95. The molecule has 0 spiro atoms. The van der Waals surface area contributed by atoms with Crippen LogP contribution in [-0.4, -0.2) is 38.5 Å². The van der Waals surface area contributed by atoms with Gasteiger partial charge in [-0.25, -0.2) is 9.86 Å². The number of hydrogen-bond acceptors (Lipinski definition) is 4. The van der Waals surface area contributed by atoms with Gasteiger partial charge in [-0.3, -0.25) is 4.84 Å². The quantitative estimate of drug-likeness (QED) is 0.524. The topological polar surface area (TPSA) is 60.0 Å². The third kappa shape index (κ3) is 6.84. The molecule has 144 valence electrons. The number of nitrogens with one attached hydrogen (secondary N) is 1. The second kappa shape index (κ2) is 10.4. The highest BCUT2D eigenvalue weighted by molar-refractivity contribution is 6.30. The first kappa shape index (κ1) is 20.6. The van der Waals surface area contributed by atoms with Gasteiger partial charge in [0.15, 0.2) is 0 Å². The maximum atomic E-state index is 11.7. The minimum Gasteiger partial charge on any atom is -0.490 e. The fraction of sp³-hybridized carbons (Fsp3) is 0.250. The maximum Gasteiger partial charge on any atom is 0.345 e. The summed E-state index contributed by atoms with van der Waals surface area (Å²) in [4.78, 5) is 16.5. The van der Waals surface area contributed by atoms with Gasteiger partial charge in [0.25, 0.3) is 0 Å². The van der Waals surface area contributed by atoms with Crippen LogP contribution in [-0.2, 0) is 4.84 Å². The molecule has 2 amide bonds. The summed E-state index contributed by atoms with van der Waals surface area (Å²) in [6.07, 6.45) is 3.78. The minimum absolute atomic E-state index is 0.356. The van der Waals surface area contributed by atoms with Crippen molar-refractivity contribution in [3.05, 3.63) is 65.2 Å². The van der Waals surface area contributed by atoms with Crippen molar-refractivity contribution in [2.45, 2.75) is 6.92 Å². The number of ether oxygens (including phenoxy) is 2. The van der Waals surface area contributed by atoms with Gasteiger partial charge in [0.2, 0.25) is 0 Å². The van der Waals surface area contributed by atoms with E-state index in [9.17, 15) is 4.79 Å². The van der Waals surface area contributed by atoms with E-state index in [1.807, 2.05) is 31.2 Å². The fourth-order valence-electron chi connectivity index (χ4n) is 2.11. The van der Waals surface area contributed by atoms with Gasteiger partial charge < -0.3 is 14.8 Å². The molecule has 0 atom stereocenters. The second-order valence-electron chi connectivity index (χ2n) is 5.64. The average molecular weight is 391 g/mol. The number of halogens is 1. The zero-order valence-corrected chi connectivity index (χ0v) is 16.3. The lowest BCUT2D eigenvalue weighted by molar-refractivity contribution is -0.0598. The van der Waals surface area contributed by atoms with Crippen molar-refractivity contribution in [3.8, 4) is 11.5 Å². The summed E-state index contributed by atoms with van der Waals surface area (Å²) in [5.41, 5.74) is 1.65. The number of carbonyl (C=O) groups is 1. The van der Waals surface area contributed by atoms with E-state index < -0.39 is 0 Å². The van der Waals surface area contributed by atoms with Crippen molar-refractivity contribution < 1.29 is 19.1 Å². The molecule has 0 bridgehead atoms. The van der Waals surface area contributed by atoms with Crippen LogP contribution in [0.25, 0.3) is 0 Å². The van der Waals surface area contributed by atoms with Gasteiger partial charge >= 0.3 is 6.03 Å². The van der Waals surface area contributed by atoms with Gasteiger partial charge in [0.1, 0.15) is 24.7 Å². The van der Waals surface area contributed by atoms with E-state index in [4.69, 9.17) is 25.9 Å². The number of rotatable bonds is 8. The van der Waals surface area contributed by atoms with Crippen molar-refractivity contribution in [2.24, 2.45) is 0 Å². The molecule has 0 radical (unpaired) electrons. The van der Waals surface area contributed by atoms with Gasteiger partial charge in [-0.15, -0.1) is 0 Å². The molecule has 7 heteroatoms. The van der Waals surface area contributed by atoms with Crippen LogP contribution in [0.1, 0.15) is 5.56 Å². The number of hydrogen-bond donors (Lipinski definition) is 1. The molecule has 2 rings (SSSR count). The Labute approximate surface area is 164 Å². The summed E-state index contributed by atoms with van der Waals surface area (Å²) in [6, 6.07) is 12.2. The molecule has 0 fully saturated rings. The summed E-state index contributed by atoms with van der Waals surface area (Å²) in [6.45, 7) is 2.82. The van der Waals surface area contributed by atoms with E-state index in [1.54, 1.807) is 30.3 Å². The molecule has 1 N–H and O–H groups in total. The Morgan fingerprint density at radius 2 is 1.78 bits per heavy atom. The van der Waals surface area contributed by atoms with Crippen LogP contribution in [0, 0.1) is 6.92 Å². The molecule has 6 nitrogen and oxygen atoms in total. The normalized spacial score (nSPS) is 10.7. The van der Waals surface area contributed by atoms with Crippen molar-refractivity contribution in [3.63, 3.8) is 0 Å². The van der Waals surface area contributed by atoms with Gasteiger partial charge in [0, 0.05) is 17.8 Å². The number of benzene rings is 2. The smallest absolute Gasteiger partial charge is 0.345 e. The summed E-state index contributed by atoms with van der Waals surface area (Å²) < 4.78 is 11.3. The first-order valence-corrected chi connectivity index (χ1v) is 8.73. The first-order valence-electron chi connectivity index (χ1n) is 8.35. The highest BCUT2D eigenvalue weighted by Gasteiger charge is 2.07. The average Bonchev–Trinajstić information content (AvgIpc) is 2.66. The first-order chi connectivity index (χ1) is 13.0. The maximum absolute atomic E-state index is 11.7. The Hall–Kier alpha value is -2.70. The molecule has 0 heterocycles. The molecule has 27 heavy (non-hydrogen) atoms. The molecule has 0 saturated heterocycles. The lowest BCUT2D eigenvalue weighted by atomic mass is 10.2. The van der Waals surface area contributed by atoms with Crippen LogP contribution in [0.3, 0.4) is 0 Å². The third-order valence-electron chi connectivity index (χ3n) is 3.65. The predicted octanol–water partition coefficient (Wildman–Crippen LogP) is 4.69. The molecular formula is C20H23ClN2O4. The Kier molecular flexibility index (Phi) is 7.98. The number of aryl methyl sites for hydroxylation is 1. The summed E-state index contributed by atoms with van der Waals surface area (Å²) in [5.74, 6) is 1.51. The Balaban J connectivity index is 1.72. The van der Waals surface area contributed by atoms with E-state index in [-0.39, 0.29) is 6.03 Å². The molecule has 2 aromatic carbocycles. The highest BCUT2D eigenvalue weighted by Crippen LogP contribution is 2.21. The monoisotopic (exact) mass is 390 g/mol. The number of carbonyl (C=O) groups excluding carboxylic acids is 1. The number of urea groups is 1. The van der Waals surface area contributed by atoms with Gasteiger partial charge in [-0.2, -0.15) is 0 Å². The largest absolute Gasteiger partial charge is 0.490 e. The predicted molar refractivity (Wildman–Crippen MR) is 107 cm³/mol. The van der Waals surface area contributed by atoms with Crippen LogP contribution in [0.15, 0.2) is 54.6 Å². The zero-order valence-electron chi connectivity index (χ0n) is 15.6. The van der Waals surface area contributed by atoms with E-state index >= 15 is 0 Å². The van der Waals surface area contributed by atoms with Crippen molar-refractivity contribution >= 4 is 23.3 Å². The molecule has 0 aliphatic rings. The van der Waals surface area contributed by atoms with Crippen molar-refractivity contribution in [1.29, 1.82) is 0 Å². The Bertz CT molecular complexity index is 778. The molecule has 0 unspecified atom stereocenters. The van der Waals surface area contributed by atoms with Crippen molar-refractivity contribution in [1.82, 2.24) is 5.06 Å². The molecular weight excluding hydrogens is 368 g/mol. The number of nitrogens with zero attached hydrogens (tertiary/aromatic N) is 1. The Morgan fingerprint density at radius 3 is 2.41 bits per heavy atom. The Morgan fingerprint density at radius 1 is 1.11 bits per heavy atom. The zero-order chi connectivity index (χ0) is 19.6. The highest BCUT2D eigenvalue weighted by atomic mass is 35.5. The summed E-state index contributed by atoms with van der Waals surface area (Å²) in [5, 5.41) is 4.49. The van der Waals surface area contributed by atoms with Crippen LogP contribution in [0.5, 0.6) is 11.5 Å². The standard InChI is InChI=1S/C20H23ClN2O4/c1-15-14-16(21)6-11-19(15)27-13-5-4-12-26-18-9-7-17(8-10-18)22-20(24)23(2)25-3/h4-11,14H,12-13H2,1-3H3,(H,22,24)/b5-4+. The second-order valence-corrected chi connectivity index (χ2v) is 6.07. The summed E-state index contributed by atoms with van der Waals surface area (Å²) >= 11 is 5.92. The van der Waals surface area contributed by atoms with Gasteiger partial charge in [0.05, 0.1) is 7.11 Å². The molecule has 0 aromatic heterocycles. The van der Waals surface area contributed by atoms with Crippen molar-refractivity contribution in [2.75, 3.05) is 32.7 Å². The molecule has 2 aromatic rings. The molecule has 0 aliphatic heterocycles. The van der Waals surface area contributed by atoms with Gasteiger partial charge in [-0.05, 0) is 67.1 Å². The third-order valence-corrected chi connectivity index (χ3v) is 3.89. The number of anilines is 1. The van der Waals surface area contributed by atoms with E-state index in [1.165, 1.54) is 14.2 Å². The minimum atomic E-state index is -0.356. The van der Waals surface area contributed by atoms with Crippen LogP contribution < -0.4 is 14.8 Å². The van der Waals surface area contributed by atoms with Gasteiger partial charge in [-0.1, -0.05) is 11.6 Å². The molecule has 0 saturated carbocycles. The van der Waals surface area contributed by atoms with Crippen LogP contribution in [0.2, 0.25) is 5.02 Å². The molecule has 0 aliphatic carbocycles. The van der Waals surface area contributed by atoms with Crippen LogP contribution in [0.4, 0.5) is 10.5 Å². The number of amides is 2. The fourth-order valence-corrected chi connectivity index (χ4v) is 2.34. The SMILES string of the molecule is CON(C)C(=O)Nc1ccc(OC/C=C/COc2ccc(Cl)cc2C)cc1. The lowest BCUT2D eigenvalue weighted by Gasteiger charge is -2.14. The van der Waals surface area contributed by atoms with E-state index in [0.717, 1.165) is 16.4 Å². The van der Waals surface area contributed by atoms with E-state index in [2.05, 4.69) is 5.32 Å². The lowest BCUT2D eigenvalue weighted by Crippen LogP contribution is -2.30. The van der Waals surface area contributed by atoms with Crippen LogP contribution >= 0.6 is 11.6 Å². The number of hydroxylamine groups is 2. The van der Waals surface area contributed by atoms with E-state index in [0.29, 0.717) is 29.7 Å².